The fraction of sp³-hybridized carbons (Fsp3) is 0. The molecule has 1 heterocycles. The van der Waals surface area contributed by atoms with Crippen molar-refractivity contribution in [3.05, 3.63) is 20.5 Å². The van der Waals surface area contributed by atoms with E-state index in [1.165, 1.54) is 16.7 Å². The molecule has 0 N–H and O–H groups in total. The van der Waals surface area contributed by atoms with E-state index < -0.39 is 5.82 Å². The second-order valence-corrected chi connectivity index (χ2v) is 3.55. The molecule has 1 aromatic rings. The molecule has 4 heteroatoms. The fourth-order valence-corrected chi connectivity index (χ4v) is 1.48. The van der Waals surface area contributed by atoms with E-state index in [4.69, 9.17) is 5.26 Å². The largest absolute Gasteiger partial charge is 0.203 e. The lowest BCUT2D eigenvalue weighted by molar-refractivity contribution is 0.624. The maximum Gasteiger partial charge on any atom is 0.165 e. The van der Waals surface area contributed by atoms with Gasteiger partial charge in [-0.1, -0.05) is 0 Å². The first-order chi connectivity index (χ1) is 4.25. The predicted octanol–water partition coefficient (Wildman–Crippen LogP) is 2.52. The third-order valence-electron chi connectivity index (χ3n) is 0.810. The highest BCUT2D eigenvalue weighted by Crippen LogP contribution is 2.25. The van der Waals surface area contributed by atoms with E-state index in [1.54, 1.807) is 6.07 Å². The van der Waals surface area contributed by atoms with Gasteiger partial charge in [0.25, 0.3) is 0 Å². The topological polar surface area (TPSA) is 23.8 Å². The molecule has 0 radical (unpaired) electrons. The summed E-state index contributed by atoms with van der Waals surface area (Å²) in [6.45, 7) is 0. The number of nitriles is 1. The van der Waals surface area contributed by atoms with Crippen molar-refractivity contribution in [1.82, 2.24) is 0 Å². The van der Waals surface area contributed by atoms with Gasteiger partial charge in [0.2, 0.25) is 0 Å². The van der Waals surface area contributed by atoms with E-state index in [1.807, 2.05) is 0 Å². The molecule has 0 unspecified atom stereocenters. The maximum absolute atomic E-state index is 12.5. The minimum absolute atomic E-state index is 0.104. The summed E-state index contributed by atoms with van der Waals surface area (Å²) in [6, 6.07) is 1.72. The summed E-state index contributed by atoms with van der Waals surface area (Å²) < 4.78 is 12.9. The SMILES string of the molecule is N#Cc1csc(Br)c1F. The summed E-state index contributed by atoms with van der Waals surface area (Å²) in [4.78, 5) is 0. The highest BCUT2D eigenvalue weighted by atomic mass is 79.9. The van der Waals surface area contributed by atoms with Crippen LogP contribution in [0.25, 0.3) is 0 Å². The van der Waals surface area contributed by atoms with E-state index in [9.17, 15) is 4.39 Å². The molecule has 9 heavy (non-hydrogen) atoms. The number of hydrogen-bond acceptors (Lipinski definition) is 2. The van der Waals surface area contributed by atoms with Gasteiger partial charge in [-0.15, -0.1) is 11.3 Å². The molecule has 0 saturated carbocycles. The molecular formula is C5HBrFNS. The summed E-state index contributed by atoms with van der Waals surface area (Å²) in [7, 11) is 0. The monoisotopic (exact) mass is 205 g/mol. The quantitative estimate of drug-likeness (QED) is 0.639. The van der Waals surface area contributed by atoms with Crippen molar-refractivity contribution in [1.29, 1.82) is 5.26 Å². The number of rotatable bonds is 0. The lowest BCUT2D eigenvalue weighted by atomic mass is 10.4. The van der Waals surface area contributed by atoms with Gasteiger partial charge >= 0.3 is 0 Å². The molecule has 0 bridgehead atoms. The van der Waals surface area contributed by atoms with Crippen LogP contribution in [-0.2, 0) is 0 Å². The maximum atomic E-state index is 12.5. The molecule has 0 fully saturated rings. The minimum atomic E-state index is -0.456. The van der Waals surface area contributed by atoms with Crippen LogP contribution in [0.4, 0.5) is 4.39 Å². The molecule has 0 atom stereocenters. The highest BCUT2D eigenvalue weighted by molar-refractivity contribution is 9.11. The molecule has 46 valence electrons. The van der Waals surface area contributed by atoms with Crippen LogP contribution >= 0.6 is 27.3 Å². The minimum Gasteiger partial charge on any atom is -0.203 e. The van der Waals surface area contributed by atoms with Crippen molar-refractivity contribution in [2.24, 2.45) is 0 Å². The Hall–Kier alpha value is -0.400. The van der Waals surface area contributed by atoms with Gasteiger partial charge in [-0.05, 0) is 15.9 Å². The molecule has 0 aliphatic heterocycles. The van der Waals surface area contributed by atoms with E-state index in [-0.39, 0.29) is 5.56 Å². The zero-order valence-electron chi connectivity index (χ0n) is 4.19. The summed E-state index contributed by atoms with van der Waals surface area (Å²) in [6.07, 6.45) is 0. The second kappa shape index (κ2) is 2.46. The van der Waals surface area contributed by atoms with Crippen molar-refractivity contribution in [2.75, 3.05) is 0 Å². The van der Waals surface area contributed by atoms with Crippen LogP contribution in [0, 0.1) is 17.1 Å². The van der Waals surface area contributed by atoms with E-state index >= 15 is 0 Å². The summed E-state index contributed by atoms with van der Waals surface area (Å²) in [5.74, 6) is -0.456. The molecule has 1 nitrogen and oxygen atoms in total. The summed E-state index contributed by atoms with van der Waals surface area (Å²) in [5, 5.41) is 9.70. The third-order valence-corrected chi connectivity index (χ3v) is 2.46. The van der Waals surface area contributed by atoms with Crippen LogP contribution in [0.1, 0.15) is 5.56 Å². The molecule has 0 aromatic carbocycles. The van der Waals surface area contributed by atoms with Crippen LogP contribution in [-0.4, -0.2) is 0 Å². The van der Waals surface area contributed by atoms with Crippen molar-refractivity contribution >= 4 is 27.3 Å². The number of hydrogen-bond donors (Lipinski definition) is 0. The Morgan fingerprint density at radius 2 is 2.44 bits per heavy atom. The Kier molecular flexibility index (Phi) is 1.84. The normalized spacial score (nSPS) is 9.00. The lowest BCUT2D eigenvalue weighted by Gasteiger charge is -1.77. The Morgan fingerprint density at radius 1 is 1.78 bits per heavy atom. The Morgan fingerprint density at radius 3 is 2.67 bits per heavy atom. The molecule has 0 aliphatic rings. The first kappa shape index (κ1) is 6.72. The van der Waals surface area contributed by atoms with Gasteiger partial charge in [0.05, 0.1) is 5.56 Å². The zero-order chi connectivity index (χ0) is 6.85. The van der Waals surface area contributed by atoms with E-state index in [0.717, 1.165) is 0 Å². The van der Waals surface area contributed by atoms with Crippen LogP contribution in [0.3, 0.4) is 0 Å². The van der Waals surface area contributed by atoms with Crippen molar-refractivity contribution < 1.29 is 4.39 Å². The first-order valence-electron chi connectivity index (χ1n) is 2.08. The molecule has 0 aliphatic carbocycles. The fourth-order valence-electron chi connectivity index (χ4n) is 0.395. The molecular weight excluding hydrogens is 205 g/mol. The van der Waals surface area contributed by atoms with Gasteiger partial charge < -0.3 is 0 Å². The standard InChI is InChI=1S/C5HBrFNS/c6-5-4(7)3(1-8)2-9-5/h2H. The lowest BCUT2D eigenvalue weighted by Crippen LogP contribution is -1.71. The van der Waals surface area contributed by atoms with Crippen LogP contribution in [0.5, 0.6) is 0 Å². The zero-order valence-corrected chi connectivity index (χ0v) is 6.59. The highest BCUT2D eigenvalue weighted by Gasteiger charge is 2.06. The van der Waals surface area contributed by atoms with Crippen molar-refractivity contribution in [3.63, 3.8) is 0 Å². The Labute approximate surface area is 63.9 Å². The summed E-state index contributed by atoms with van der Waals surface area (Å²) in [5.41, 5.74) is 0.104. The first-order valence-corrected chi connectivity index (χ1v) is 3.75. The van der Waals surface area contributed by atoms with E-state index in [2.05, 4.69) is 15.9 Å². The number of nitrogens with zero attached hydrogens (tertiary/aromatic N) is 1. The van der Waals surface area contributed by atoms with Gasteiger partial charge in [0, 0.05) is 5.38 Å². The molecule has 0 saturated heterocycles. The van der Waals surface area contributed by atoms with Crippen LogP contribution in [0.15, 0.2) is 9.17 Å². The van der Waals surface area contributed by atoms with Crippen LogP contribution in [0.2, 0.25) is 0 Å². The molecule has 0 spiro atoms. The van der Waals surface area contributed by atoms with E-state index in [0.29, 0.717) is 3.79 Å². The average molecular weight is 206 g/mol. The Bertz CT molecular complexity index is 262. The average Bonchev–Trinajstić information content (AvgIpc) is 2.15. The number of halogens is 2. The number of thiophene rings is 1. The predicted molar refractivity (Wildman–Crippen MR) is 36.7 cm³/mol. The molecule has 0 amide bonds. The molecule has 1 rings (SSSR count). The van der Waals surface area contributed by atoms with Crippen molar-refractivity contribution in [2.45, 2.75) is 0 Å². The Balaban J connectivity index is 3.24. The third kappa shape index (κ3) is 1.12. The summed E-state index contributed by atoms with van der Waals surface area (Å²) >= 11 is 4.12. The van der Waals surface area contributed by atoms with Gasteiger partial charge in [-0.25, -0.2) is 4.39 Å². The van der Waals surface area contributed by atoms with Gasteiger partial charge in [-0.3, -0.25) is 0 Å². The second-order valence-electron chi connectivity index (χ2n) is 1.35. The van der Waals surface area contributed by atoms with Crippen LogP contribution < -0.4 is 0 Å². The van der Waals surface area contributed by atoms with Gasteiger partial charge in [0.15, 0.2) is 5.82 Å². The van der Waals surface area contributed by atoms with Gasteiger partial charge in [-0.2, -0.15) is 5.26 Å². The van der Waals surface area contributed by atoms with Crippen molar-refractivity contribution in [3.8, 4) is 6.07 Å². The van der Waals surface area contributed by atoms with Gasteiger partial charge in [0.1, 0.15) is 9.86 Å². The smallest absolute Gasteiger partial charge is 0.165 e. The molecule has 1 aromatic heterocycles.